The number of rotatable bonds is 7. The van der Waals surface area contributed by atoms with Crippen LogP contribution in [-0.2, 0) is 9.59 Å². The van der Waals surface area contributed by atoms with E-state index in [-0.39, 0.29) is 23.9 Å². The Labute approximate surface area is 137 Å². The highest BCUT2D eigenvalue weighted by molar-refractivity contribution is 5.86. The van der Waals surface area contributed by atoms with Gasteiger partial charge in [-0.2, -0.15) is 0 Å². The van der Waals surface area contributed by atoms with Crippen LogP contribution >= 0.6 is 0 Å². The van der Waals surface area contributed by atoms with E-state index in [1.165, 1.54) is 12.8 Å². The standard InChI is InChI=1S/C17H29N3O3/c1-2-4-13(15(21)17(23)19-11-7-8-11)20-16(22)14-12-6-3-5-10(12)9-18-14/h10-15,18,21H,2-9H2,1H3,(H,19,23)(H,20,22). The van der Waals surface area contributed by atoms with Gasteiger partial charge < -0.3 is 21.1 Å². The number of aliphatic hydroxyl groups excluding tert-OH is 1. The van der Waals surface area contributed by atoms with Gasteiger partial charge in [0.15, 0.2) is 6.10 Å². The van der Waals surface area contributed by atoms with E-state index >= 15 is 0 Å². The molecule has 1 saturated heterocycles. The van der Waals surface area contributed by atoms with E-state index in [0.717, 1.165) is 32.2 Å². The van der Waals surface area contributed by atoms with Crippen LogP contribution in [0.5, 0.6) is 0 Å². The Hall–Kier alpha value is -1.14. The Bertz CT molecular complexity index is 452. The van der Waals surface area contributed by atoms with E-state index in [1.807, 2.05) is 6.92 Å². The molecule has 130 valence electrons. The van der Waals surface area contributed by atoms with Crippen LogP contribution in [0.1, 0.15) is 51.9 Å². The summed E-state index contributed by atoms with van der Waals surface area (Å²) in [7, 11) is 0. The lowest BCUT2D eigenvalue weighted by Crippen LogP contribution is -2.55. The number of carbonyl (C=O) groups is 2. The number of aliphatic hydroxyl groups is 1. The molecule has 2 saturated carbocycles. The third kappa shape index (κ3) is 3.86. The molecule has 4 N–H and O–H groups in total. The van der Waals surface area contributed by atoms with Crippen LogP contribution in [0.3, 0.4) is 0 Å². The first-order chi connectivity index (χ1) is 11.1. The topological polar surface area (TPSA) is 90.5 Å². The molecular formula is C17H29N3O3. The van der Waals surface area contributed by atoms with Crippen molar-refractivity contribution in [3.05, 3.63) is 0 Å². The van der Waals surface area contributed by atoms with Gasteiger partial charge in [0.05, 0.1) is 12.1 Å². The van der Waals surface area contributed by atoms with E-state index in [0.29, 0.717) is 18.3 Å². The smallest absolute Gasteiger partial charge is 0.251 e. The average Bonchev–Trinajstić information content (AvgIpc) is 3.06. The summed E-state index contributed by atoms with van der Waals surface area (Å²) in [5.74, 6) is 0.605. The third-order valence-corrected chi connectivity index (χ3v) is 5.53. The lowest BCUT2D eigenvalue weighted by molar-refractivity contribution is -0.133. The van der Waals surface area contributed by atoms with Crippen molar-refractivity contribution < 1.29 is 14.7 Å². The van der Waals surface area contributed by atoms with Gasteiger partial charge in [-0.15, -0.1) is 0 Å². The highest BCUT2D eigenvalue weighted by atomic mass is 16.3. The lowest BCUT2D eigenvalue weighted by atomic mass is 9.93. The van der Waals surface area contributed by atoms with E-state index in [4.69, 9.17) is 0 Å². The van der Waals surface area contributed by atoms with Crippen molar-refractivity contribution in [1.29, 1.82) is 0 Å². The molecule has 0 spiro atoms. The van der Waals surface area contributed by atoms with Crippen molar-refractivity contribution in [2.24, 2.45) is 11.8 Å². The molecule has 0 aromatic heterocycles. The highest BCUT2D eigenvalue weighted by Gasteiger charge is 2.43. The molecule has 5 atom stereocenters. The molecule has 0 radical (unpaired) electrons. The second-order valence-corrected chi connectivity index (χ2v) is 7.37. The maximum Gasteiger partial charge on any atom is 0.251 e. The summed E-state index contributed by atoms with van der Waals surface area (Å²) >= 11 is 0. The fraction of sp³-hybridized carbons (Fsp3) is 0.882. The van der Waals surface area contributed by atoms with E-state index in [2.05, 4.69) is 16.0 Å². The maximum absolute atomic E-state index is 12.6. The normalized spacial score (nSPS) is 32.2. The minimum atomic E-state index is -1.17. The van der Waals surface area contributed by atoms with Gasteiger partial charge in [-0.25, -0.2) is 0 Å². The van der Waals surface area contributed by atoms with Crippen molar-refractivity contribution in [3.63, 3.8) is 0 Å². The summed E-state index contributed by atoms with van der Waals surface area (Å²) in [6.07, 6.45) is 5.71. The Balaban J connectivity index is 1.57. The van der Waals surface area contributed by atoms with Crippen LogP contribution in [0.4, 0.5) is 0 Å². The zero-order valence-electron chi connectivity index (χ0n) is 13.9. The fourth-order valence-electron chi connectivity index (χ4n) is 4.06. The first-order valence-corrected chi connectivity index (χ1v) is 9.12. The molecule has 0 aromatic carbocycles. The third-order valence-electron chi connectivity index (χ3n) is 5.53. The van der Waals surface area contributed by atoms with Gasteiger partial charge in [0.1, 0.15) is 0 Å². The van der Waals surface area contributed by atoms with Gasteiger partial charge in [-0.3, -0.25) is 9.59 Å². The molecular weight excluding hydrogens is 294 g/mol. The van der Waals surface area contributed by atoms with Crippen molar-refractivity contribution in [2.45, 2.75) is 76.1 Å². The van der Waals surface area contributed by atoms with Crippen molar-refractivity contribution in [1.82, 2.24) is 16.0 Å². The molecule has 6 heteroatoms. The predicted molar refractivity (Wildman–Crippen MR) is 86.6 cm³/mol. The number of nitrogens with one attached hydrogen (secondary N) is 3. The summed E-state index contributed by atoms with van der Waals surface area (Å²) in [5, 5.41) is 19.4. The second kappa shape index (κ2) is 7.18. The molecule has 0 aromatic rings. The Morgan fingerprint density at radius 1 is 1.26 bits per heavy atom. The first kappa shape index (κ1) is 16.7. The van der Waals surface area contributed by atoms with Gasteiger partial charge in [0.25, 0.3) is 5.91 Å². The second-order valence-electron chi connectivity index (χ2n) is 7.37. The highest BCUT2D eigenvalue weighted by Crippen LogP contribution is 2.37. The zero-order chi connectivity index (χ0) is 16.4. The van der Waals surface area contributed by atoms with Crippen molar-refractivity contribution in [2.75, 3.05) is 6.54 Å². The van der Waals surface area contributed by atoms with Gasteiger partial charge in [0.2, 0.25) is 5.91 Å². The van der Waals surface area contributed by atoms with Crippen molar-refractivity contribution >= 4 is 11.8 Å². The Morgan fingerprint density at radius 3 is 2.74 bits per heavy atom. The quantitative estimate of drug-likeness (QED) is 0.542. The summed E-state index contributed by atoms with van der Waals surface area (Å²) in [6, 6.07) is -0.458. The van der Waals surface area contributed by atoms with Crippen LogP contribution in [0.25, 0.3) is 0 Å². The van der Waals surface area contributed by atoms with Gasteiger partial charge in [-0.05, 0) is 50.5 Å². The molecule has 1 aliphatic heterocycles. The molecule has 3 fully saturated rings. The van der Waals surface area contributed by atoms with Crippen LogP contribution in [0, 0.1) is 11.8 Å². The number of amides is 2. The lowest BCUT2D eigenvalue weighted by Gasteiger charge is -2.26. The molecule has 2 aliphatic carbocycles. The van der Waals surface area contributed by atoms with E-state index in [1.54, 1.807) is 0 Å². The van der Waals surface area contributed by atoms with Crippen LogP contribution in [-0.4, -0.2) is 47.7 Å². The number of carbonyl (C=O) groups excluding carboxylic acids is 2. The molecule has 6 nitrogen and oxygen atoms in total. The summed E-state index contributed by atoms with van der Waals surface area (Å²) in [6.45, 7) is 2.90. The molecule has 2 amide bonds. The summed E-state index contributed by atoms with van der Waals surface area (Å²) in [5.41, 5.74) is 0. The minimum absolute atomic E-state index is 0.0591. The van der Waals surface area contributed by atoms with E-state index < -0.39 is 12.1 Å². The summed E-state index contributed by atoms with van der Waals surface area (Å²) < 4.78 is 0. The average molecular weight is 323 g/mol. The van der Waals surface area contributed by atoms with E-state index in [9.17, 15) is 14.7 Å². The number of hydrogen-bond acceptors (Lipinski definition) is 4. The predicted octanol–water partition coefficient (Wildman–Crippen LogP) is 0.299. The largest absolute Gasteiger partial charge is 0.381 e. The van der Waals surface area contributed by atoms with Crippen LogP contribution < -0.4 is 16.0 Å². The number of fused-ring (bicyclic) bond motifs is 1. The van der Waals surface area contributed by atoms with Crippen LogP contribution in [0.2, 0.25) is 0 Å². The Kier molecular flexibility index (Phi) is 5.21. The monoisotopic (exact) mass is 323 g/mol. The van der Waals surface area contributed by atoms with Gasteiger partial charge in [-0.1, -0.05) is 19.8 Å². The van der Waals surface area contributed by atoms with Crippen molar-refractivity contribution in [3.8, 4) is 0 Å². The SMILES string of the molecule is CCCC(NC(=O)C1NCC2CCCC21)C(O)C(=O)NC1CC1. The molecule has 3 aliphatic rings. The zero-order valence-corrected chi connectivity index (χ0v) is 13.9. The fourth-order valence-corrected chi connectivity index (χ4v) is 4.06. The molecule has 5 unspecified atom stereocenters. The molecule has 23 heavy (non-hydrogen) atoms. The Morgan fingerprint density at radius 2 is 2.04 bits per heavy atom. The molecule has 0 bridgehead atoms. The minimum Gasteiger partial charge on any atom is -0.381 e. The van der Waals surface area contributed by atoms with Gasteiger partial charge in [0, 0.05) is 6.04 Å². The number of hydrogen-bond donors (Lipinski definition) is 4. The molecule has 1 heterocycles. The summed E-state index contributed by atoms with van der Waals surface area (Å²) in [4.78, 5) is 24.7. The van der Waals surface area contributed by atoms with Crippen LogP contribution in [0.15, 0.2) is 0 Å². The van der Waals surface area contributed by atoms with Gasteiger partial charge >= 0.3 is 0 Å². The first-order valence-electron chi connectivity index (χ1n) is 9.12. The molecule has 3 rings (SSSR count). The maximum atomic E-state index is 12.6.